The smallest absolute Gasteiger partial charge is 0.331 e. The highest BCUT2D eigenvalue weighted by Gasteiger charge is 2.20. The second kappa shape index (κ2) is 8.55. The number of thiazole rings is 1. The molecule has 166 valence electrons. The van der Waals surface area contributed by atoms with E-state index in [1.54, 1.807) is 12.1 Å². The van der Waals surface area contributed by atoms with E-state index < -0.39 is 5.97 Å². The van der Waals surface area contributed by atoms with Gasteiger partial charge < -0.3 is 18.8 Å². The van der Waals surface area contributed by atoms with Gasteiger partial charge in [-0.1, -0.05) is 12.1 Å². The number of hydrogen-bond donors (Lipinski definition) is 0. The first-order valence-corrected chi connectivity index (χ1v) is 11.1. The van der Waals surface area contributed by atoms with E-state index in [1.165, 1.54) is 17.4 Å². The molecular weight excluding hydrogens is 440 g/mol. The van der Waals surface area contributed by atoms with Gasteiger partial charge in [0.1, 0.15) is 5.01 Å². The van der Waals surface area contributed by atoms with Gasteiger partial charge in [-0.3, -0.25) is 4.79 Å². The summed E-state index contributed by atoms with van der Waals surface area (Å²) in [5.41, 5.74) is 3.90. The summed E-state index contributed by atoms with van der Waals surface area (Å²) in [4.78, 5) is 29.4. The van der Waals surface area contributed by atoms with E-state index >= 15 is 0 Å². The van der Waals surface area contributed by atoms with Crippen molar-refractivity contribution in [1.29, 1.82) is 0 Å². The summed E-state index contributed by atoms with van der Waals surface area (Å²) in [6.45, 7) is 3.64. The first-order chi connectivity index (χ1) is 16.0. The second-order valence-electron chi connectivity index (χ2n) is 7.54. The Kier molecular flexibility index (Phi) is 5.43. The molecule has 0 saturated heterocycles. The van der Waals surface area contributed by atoms with E-state index in [4.69, 9.17) is 14.2 Å². The number of fused-ring (bicyclic) bond motifs is 2. The van der Waals surface area contributed by atoms with Crippen LogP contribution in [0.15, 0.2) is 54.6 Å². The van der Waals surface area contributed by atoms with Crippen LogP contribution in [-0.4, -0.2) is 34.7 Å². The minimum atomic E-state index is -0.591. The zero-order chi connectivity index (χ0) is 22.9. The molecule has 0 saturated carbocycles. The quantitative estimate of drug-likeness (QED) is 0.232. The number of carbonyl (C=O) groups is 2. The maximum atomic E-state index is 12.8. The van der Waals surface area contributed by atoms with Crippen molar-refractivity contribution in [1.82, 2.24) is 9.55 Å². The van der Waals surface area contributed by atoms with Gasteiger partial charge in [0.05, 0.1) is 10.2 Å². The van der Waals surface area contributed by atoms with E-state index in [-0.39, 0.29) is 19.2 Å². The Morgan fingerprint density at radius 2 is 1.94 bits per heavy atom. The first-order valence-electron chi connectivity index (χ1n) is 10.3. The number of nitrogens with zero attached hydrogens (tertiary/aromatic N) is 2. The Morgan fingerprint density at radius 1 is 1.12 bits per heavy atom. The molecule has 4 aromatic rings. The fraction of sp³-hybridized carbons (Fsp3) is 0.160. The van der Waals surface area contributed by atoms with Crippen LogP contribution in [0.2, 0.25) is 0 Å². The maximum Gasteiger partial charge on any atom is 0.331 e. The Hall–Kier alpha value is -3.91. The molecule has 7 nitrogen and oxygen atoms in total. The molecular formula is C25H20N2O5S. The molecule has 33 heavy (non-hydrogen) atoms. The number of rotatable bonds is 6. The summed E-state index contributed by atoms with van der Waals surface area (Å²) in [6, 6.07) is 15.2. The molecule has 8 heteroatoms. The molecule has 1 aliphatic rings. The zero-order valence-electron chi connectivity index (χ0n) is 18.0. The van der Waals surface area contributed by atoms with E-state index in [0.717, 1.165) is 27.3 Å². The SMILES string of the molecule is Cc1cc(C(=O)COC(=O)/C=C/c2nc3ccccc3s2)c(C)n1-c1ccc2c(c1)OCO2. The summed E-state index contributed by atoms with van der Waals surface area (Å²) in [7, 11) is 0. The van der Waals surface area contributed by atoms with Gasteiger partial charge in [-0.05, 0) is 50.3 Å². The van der Waals surface area contributed by atoms with E-state index in [2.05, 4.69) is 4.98 Å². The molecule has 0 spiro atoms. The van der Waals surface area contributed by atoms with Crippen LogP contribution < -0.4 is 9.47 Å². The fourth-order valence-electron chi connectivity index (χ4n) is 3.83. The maximum absolute atomic E-state index is 12.8. The van der Waals surface area contributed by atoms with Crippen molar-refractivity contribution < 1.29 is 23.8 Å². The number of carbonyl (C=O) groups excluding carboxylic acids is 2. The van der Waals surface area contributed by atoms with E-state index in [1.807, 2.05) is 60.9 Å². The second-order valence-corrected chi connectivity index (χ2v) is 8.60. The minimum Gasteiger partial charge on any atom is -0.454 e. The van der Waals surface area contributed by atoms with E-state index in [9.17, 15) is 9.59 Å². The lowest BCUT2D eigenvalue weighted by atomic mass is 10.1. The van der Waals surface area contributed by atoms with Crippen LogP contribution in [0.1, 0.15) is 26.8 Å². The molecule has 5 rings (SSSR count). The molecule has 0 bridgehead atoms. The number of hydrogen-bond acceptors (Lipinski definition) is 7. The van der Waals surface area contributed by atoms with Crippen molar-refractivity contribution in [2.75, 3.05) is 13.4 Å². The summed E-state index contributed by atoms with van der Waals surface area (Å²) >= 11 is 1.48. The number of ether oxygens (including phenoxy) is 3. The molecule has 0 N–H and O–H groups in total. The van der Waals surface area contributed by atoms with Crippen molar-refractivity contribution in [3.63, 3.8) is 0 Å². The summed E-state index contributed by atoms with van der Waals surface area (Å²) < 4.78 is 19.0. The number of aromatic nitrogens is 2. The molecule has 0 amide bonds. The summed E-state index contributed by atoms with van der Waals surface area (Å²) in [6.07, 6.45) is 2.89. The minimum absolute atomic E-state index is 0.199. The first kappa shape index (κ1) is 21.0. The van der Waals surface area contributed by atoms with Gasteiger partial charge in [-0.15, -0.1) is 11.3 Å². The van der Waals surface area contributed by atoms with Crippen LogP contribution in [0.4, 0.5) is 0 Å². The van der Waals surface area contributed by atoms with Gasteiger partial charge in [-0.25, -0.2) is 9.78 Å². The molecule has 0 radical (unpaired) electrons. The standard InChI is InChI=1S/C25H20N2O5S/c1-15-11-18(16(2)27(15)17-7-8-21-22(12-17)32-14-31-21)20(28)13-30-25(29)10-9-24-26-19-5-3-4-6-23(19)33-24/h3-12H,13-14H2,1-2H3/b10-9+. The Morgan fingerprint density at radius 3 is 2.79 bits per heavy atom. The largest absolute Gasteiger partial charge is 0.454 e. The van der Waals surface area contributed by atoms with Gasteiger partial charge >= 0.3 is 5.97 Å². The normalized spacial score (nSPS) is 12.5. The zero-order valence-corrected chi connectivity index (χ0v) is 18.8. The fourth-order valence-corrected chi connectivity index (χ4v) is 4.70. The number of benzene rings is 2. The topological polar surface area (TPSA) is 79.7 Å². The third-order valence-electron chi connectivity index (χ3n) is 5.36. The lowest BCUT2D eigenvalue weighted by molar-refractivity contribution is -0.136. The molecule has 0 aliphatic carbocycles. The van der Waals surface area contributed by atoms with Crippen LogP contribution in [-0.2, 0) is 9.53 Å². The Bertz CT molecular complexity index is 1380. The number of para-hydroxylation sites is 1. The molecule has 0 atom stereocenters. The van der Waals surface area contributed by atoms with Crippen molar-refractivity contribution in [2.45, 2.75) is 13.8 Å². The van der Waals surface area contributed by atoms with Crippen LogP contribution in [0, 0.1) is 13.8 Å². The molecule has 1 aliphatic heterocycles. The number of aryl methyl sites for hydroxylation is 1. The van der Waals surface area contributed by atoms with Gasteiger partial charge in [0.25, 0.3) is 0 Å². The average molecular weight is 461 g/mol. The van der Waals surface area contributed by atoms with Crippen LogP contribution in [0.3, 0.4) is 0 Å². The van der Waals surface area contributed by atoms with E-state index in [0.29, 0.717) is 22.1 Å². The van der Waals surface area contributed by atoms with Crippen LogP contribution in [0.5, 0.6) is 11.5 Å². The Balaban J connectivity index is 1.26. The number of Topliss-reactive ketones (excluding diaryl/α,β-unsaturated/α-hetero) is 1. The number of ketones is 1. The Labute approximate surface area is 193 Å². The molecule has 3 heterocycles. The third-order valence-corrected chi connectivity index (χ3v) is 6.37. The molecule has 2 aromatic heterocycles. The summed E-state index contributed by atoms with van der Waals surface area (Å²) in [5.74, 6) is 0.508. The van der Waals surface area contributed by atoms with Crippen LogP contribution in [0.25, 0.3) is 22.0 Å². The average Bonchev–Trinajstić information content (AvgIpc) is 3.52. The highest BCUT2D eigenvalue weighted by Crippen LogP contribution is 2.35. The van der Waals surface area contributed by atoms with Gasteiger partial charge in [0.2, 0.25) is 12.6 Å². The molecule has 0 fully saturated rings. The highest BCUT2D eigenvalue weighted by molar-refractivity contribution is 7.19. The van der Waals surface area contributed by atoms with Crippen molar-refractivity contribution in [2.24, 2.45) is 0 Å². The molecule has 2 aromatic carbocycles. The summed E-state index contributed by atoms with van der Waals surface area (Å²) in [5, 5.41) is 0.701. The van der Waals surface area contributed by atoms with Crippen molar-refractivity contribution >= 4 is 39.4 Å². The van der Waals surface area contributed by atoms with Crippen LogP contribution >= 0.6 is 11.3 Å². The predicted molar refractivity (Wildman–Crippen MR) is 125 cm³/mol. The monoisotopic (exact) mass is 460 g/mol. The molecule has 0 unspecified atom stereocenters. The van der Waals surface area contributed by atoms with Crippen molar-refractivity contribution in [3.05, 3.63) is 76.6 Å². The number of esters is 1. The van der Waals surface area contributed by atoms with Gasteiger partial charge in [-0.2, -0.15) is 0 Å². The van der Waals surface area contributed by atoms with Crippen molar-refractivity contribution in [3.8, 4) is 17.2 Å². The van der Waals surface area contributed by atoms with Gasteiger partial charge in [0, 0.05) is 34.8 Å². The lowest BCUT2D eigenvalue weighted by Crippen LogP contribution is -2.13. The highest BCUT2D eigenvalue weighted by atomic mass is 32.1. The van der Waals surface area contributed by atoms with Gasteiger partial charge in [0.15, 0.2) is 18.1 Å². The lowest BCUT2D eigenvalue weighted by Gasteiger charge is -2.10. The third kappa shape index (κ3) is 4.12. The predicted octanol–water partition coefficient (Wildman–Crippen LogP) is 4.87.